The maximum atomic E-state index is 10.9. The molecular formula is C7H13NO3. The molecule has 11 heavy (non-hydrogen) atoms. The third-order valence-electron chi connectivity index (χ3n) is 1.10. The second-order valence-corrected chi connectivity index (χ2v) is 2.27. The van der Waals surface area contributed by atoms with Crippen molar-refractivity contribution in [2.45, 2.75) is 13.3 Å². The van der Waals surface area contributed by atoms with Crippen LogP contribution in [0, 0.1) is 0 Å². The van der Waals surface area contributed by atoms with Gasteiger partial charge in [0.05, 0.1) is 6.61 Å². The Labute approximate surface area is 66.1 Å². The van der Waals surface area contributed by atoms with Gasteiger partial charge in [-0.1, -0.05) is 0 Å². The number of amides is 1. The zero-order chi connectivity index (χ0) is 8.85. The van der Waals surface area contributed by atoms with Gasteiger partial charge in [0.2, 0.25) is 5.91 Å². The smallest absolute Gasteiger partial charge is 0.315 e. The van der Waals surface area contributed by atoms with E-state index >= 15 is 0 Å². The summed E-state index contributed by atoms with van der Waals surface area (Å²) in [4.78, 5) is 22.9. The first-order valence-electron chi connectivity index (χ1n) is 3.43. The molecule has 0 aliphatic carbocycles. The minimum Gasteiger partial charge on any atom is -0.466 e. The average molecular weight is 159 g/mol. The highest BCUT2D eigenvalue weighted by molar-refractivity contribution is 5.93. The molecule has 4 heteroatoms. The number of rotatable bonds is 3. The molecule has 4 nitrogen and oxygen atoms in total. The molecule has 1 amide bonds. The van der Waals surface area contributed by atoms with Gasteiger partial charge in [0.1, 0.15) is 6.42 Å². The minimum absolute atomic E-state index is 0.166. The van der Waals surface area contributed by atoms with E-state index < -0.39 is 5.97 Å². The molecule has 64 valence electrons. The molecule has 0 aliphatic heterocycles. The number of carbonyl (C=O) groups excluding carboxylic acids is 2. The Morgan fingerprint density at radius 1 is 1.36 bits per heavy atom. The second-order valence-electron chi connectivity index (χ2n) is 2.27. The van der Waals surface area contributed by atoms with Gasteiger partial charge < -0.3 is 9.64 Å². The van der Waals surface area contributed by atoms with Gasteiger partial charge in [-0.25, -0.2) is 0 Å². The predicted octanol–water partition coefficient (Wildman–Crippen LogP) is 0.0278. The van der Waals surface area contributed by atoms with Crippen LogP contribution in [0.15, 0.2) is 0 Å². The van der Waals surface area contributed by atoms with E-state index in [-0.39, 0.29) is 12.3 Å². The Morgan fingerprint density at radius 2 is 1.91 bits per heavy atom. The lowest BCUT2D eigenvalue weighted by Gasteiger charge is -2.08. The Bertz CT molecular complexity index is 154. The lowest BCUT2D eigenvalue weighted by atomic mass is 10.4. The Kier molecular flexibility index (Phi) is 4.26. The SMILES string of the molecule is CCOC(=O)CC(=O)N(C)C. The predicted molar refractivity (Wildman–Crippen MR) is 39.9 cm³/mol. The van der Waals surface area contributed by atoms with Crippen molar-refractivity contribution in [3.8, 4) is 0 Å². The summed E-state index contributed by atoms with van der Waals surface area (Å²) in [7, 11) is 3.20. The number of nitrogens with zero attached hydrogens (tertiary/aromatic N) is 1. The van der Waals surface area contributed by atoms with E-state index in [4.69, 9.17) is 0 Å². The van der Waals surface area contributed by atoms with Crippen molar-refractivity contribution >= 4 is 11.9 Å². The van der Waals surface area contributed by atoms with Crippen molar-refractivity contribution < 1.29 is 14.3 Å². The number of esters is 1. The van der Waals surface area contributed by atoms with E-state index in [1.54, 1.807) is 21.0 Å². The highest BCUT2D eigenvalue weighted by Gasteiger charge is 2.10. The van der Waals surface area contributed by atoms with Crippen LogP contribution in [-0.4, -0.2) is 37.5 Å². The topological polar surface area (TPSA) is 46.6 Å². The molecule has 0 saturated carbocycles. The van der Waals surface area contributed by atoms with E-state index in [0.717, 1.165) is 0 Å². The molecule has 0 aromatic carbocycles. The van der Waals surface area contributed by atoms with Crippen molar-refractivity contribution in [2.24, 2.45) is 0 Å². The van der Waals surface area contributed by atoms with E-state index in [0.29, 0.717) is 6.61 Å². The van der Waals surface area contributed by atoms with Crippen LogP contribution < -0.4 is 0 Å². The Balaban J connectivity index is 3.67. The van der Waals surface area contributed by atoms with Crippen LogP contribution >= 0.6 is 0 Å². The number of hydrogen-bond donors (Lipinski definition) is 0. The van der Waals surface area contributed by atoms with Crippen LogP contribution in [0.5, 0.6) is 0 Å². The molecule has 0 heterocycles. The van der Waals surface area contributed by atoms with Crippen molar-refractivity contribution in [3.63, 3.8) is 0 Å². The number of ether oxygens (including phenoxy) is 1. The summed E-state index contributed by atoms with van der Waals surface area (Å²) in [5.41, 5.74) is 0. The van der Waals surface area contributed by atoms with Gasteiger partial charge in [-0.2, -0.15) is 0 Å². The summed E-state index contributed by atoms with van der Waals surface area (Å²) in [5, 5.41) is 0. The summed E-state index contributed by atoms with van der Waals surface area (Å²) < 4.78 is 4.58. The molecule has 0 aromatic heterocycles. The Hall–Kier alpha value is -1.06. The van der Waals surface area contributed by atoms with Crippen LogP contribution in [0.1, 0.15) is 13.3 Å². The van der Waals surface area contributed by atoms with Gasteiger partial charge in [0.25, 0.3) is 0 Å². The lowest BCUT2D eigenvalue weighted by molar-refractivity contribution is -0.147. The molecule has 0 aliphatic rings. The van der Waals surface area contributed by atoms with E-state index in [9.17, 15) is 9.59 Å². The molecule has 0 spiro atoms. The van der Waals surface area contributed by atoms with E-state index in [2.05, 4.69) is 4.74 Å². The van der Waals surface area contributed by atoms with Gasteiger partial charge in [-0.3, -0.25) is 9.59 Å². The first kappa shape index (κ1) is 9.94. The summed E-state index contributed by atoms with van der Waals surface area (Å²) in [5.74, 6) is -0.699. The third-order valence-corrected chi connectivity index (χ3v) is 1.10. The molecule has 0 saturated heterocycles. The maximum absolute atomic E-state index is 10.9. The van der Waals surface area contributed by atoms with Crippen LogP contribution in [0.25, 0.3) is 0 Å². The standard InChI is InChI=1S/C7H13NO3/c1-4-11-7(10)5-6(9)8(2)3/h4-5H2,1-3H3. The second kappa shape index (κ2) is 4.71. The van der Waals surface area contributed by atoms with Gasteiger partial charge >= 0.3 is 5.97 Å². The summed E-state index contributed by atoms with van der Waals surface area (Å²) in [6.07, 6.45) is -0.166. The van der Waals surface area contributed by atoms with Gasteiger partial charge in [-0.05, 0) is 6.92 Å². The van der Waals surface area contributed by atoms with Crippen LogP contribution in [-0.2, 0) is 14.3 Å². The molecule has 0 aromatic rings. The van der Waals surface area contributed by atoms with Crippen LogP contribution in [0.4, 0.5) is 0 Å². The van der Waals surface area contributed by atoms with Crippen molar-refractivity contribution in [2.75, 3.05) is 20.7 Å². The van der Waals surface area contributed by atoms with E-state index in [1.807, 2.05) is 0 Å². The monoisotopic (exact) mass is 159 g/mol. The first-order valence-corrected chi connectivity index (χ1v) is 3.43. The van der Waals surface area contributed by atoms with Gasteiger partial charge in [0.15, 0.2) is 0 Å². The maximum Gasteiger partial charge on any atom is 0.315 e. The minimum atomic E-state index is -0.466. The fraction of sp³-hybridized carbons (Fsp3) is 0.714. The molecule has 0 rings (SSSR count). The molecule has 0 bridgehead atoms. The fourth-order valence-electron chi connectivity index (χ4n) is 0.494. The lowest BCUT2D eigenvalue weighted by Crippen LogP contribution is -2.25. The van der Waals surface area contributed by atoms with Crippen LogP contribution in [0.2, 0.25) is 0 Å². The highest BCUT2D eigenvalue weighted by Crippen LogP contribution is 1.90. The highest BCUT2D eigenvalue weighted by atomic mass is 16.5. The zero-order valence-corrected chi connectivity index (χ0v) is 7.09. The van der Waals surface area contributed by atoms with Crippen molar-refractivity contribution in [3.05, 3.63) is 0 Å². The van der Waals surface area contributed by atoms with Crippen molar-refractivity contribution in [1.29, 1.82) is 0 Å². The third kappa shape index (κ3) is 4.36. The first-order chi connectivity index (χ1) is 5.07. The quantitative estimate of drug-likeness (QED) is 0.431. The molecule has 0 atom stereocenters. The van der Waals surface area contributed by atoms with Crippen LogP contribution in [0.3, 0.4) is 0 Å². The molecule has 0 N–H and O–H groups in total. The van der Waals surface area contributed by atoms with Gasteiger partial charge in [-0.15, -0.1) is 0 Å². The van der Waals surface area contributed by atoms with E-state index in [1.165, 1.54) is 4.90 Å². The molecular weight excluding hydrogens is 146 g/mol. The number of carbonyl (C=O) groups is 2. The summed E-state index contributed by atoms with van der Waals surface area (Å²) in [6, 6.07) is 0. The zero-order valence-electron chi connectivity index (χ0n) is 7.09. The fourth-order valence-corrected chi connectivity index (χ4v) is 0.494. The van der Waals surface area contributed by atoms with Crippen molar-refractivity contribution in [1.82, 2.24) is 4.90 Å². The Morgan fingerprint density at radius 3 is 2.27 bits per heavy atom. The molecule has 0 unspecified atom stereocenters. The average Bonchev–Trinajstić information content (AvgIpc) is 1.87. The summed E-state index contributed by atoms with van der Waals surface area (Å²) in [6.45, 7) is 2.03. The summed E-state index contributed by atoms with van der Waals surface area (Å²) >= 11 is 0. The number of hydrogen-bond acceptors (Lipinski definition) is 3. The normalized spacial score (nSPS) is 9.00. The molecule has 0 fully saturated rings. The molecule has 0 radical (unpaired) electrons. The largest absolute Gasteiger partial charge is 0.466 e. The van der Waals surface area contributed by atoms with Gasteiger partial charge in [0, 0.05) is 14.1 Å².